The van der Waals surface area contributed by atoms with Crippen molar-refractivity contribution >= 4 is 11.8 Å². The van der Waals surface area contributed by atoms with Crippen LogP contribution in [0.5, 0.6) is 0 Å². The van der Waals surface area contributed by atoms with E-state index in [1.54, 1.807) is 26.0 Å². The van der Waals surface area contributed by atoms with E-state index in [1.165, 1.54) is 16.6 Å². The Morgan fingerprint density at radius 3 is 2.69 bits per heavy atom. The number of allylic oxidation sites excluding steroid dienone is 1. The molecule has 1 N–H and O–H groups in total. The van der Waals surface area contributed by atoms with Crippen LogP contribution in [0.3, 0.4) is 0 Å². The van der Waals surface area contributed by atoms with Gasteiger partial charge in [-0.2, -0.15) is 9.61 Å². The van der Waals surface area contributed by atoms with Crippen LogP contribution in [-0.4, -0.2) is 34.5 Å². The number of hydrogen-bond donors (Lipinski definition) is 1. The van der Waals surface area contributed by atoms with Crippen molar-refractivity contribution in [1.29, 1.82) is 0 Å². The fraction of sp³-hybridized carbons (Fsp3) is 0.200. The van der Waals surface area contributed by atoms with Crippen LogP contribution in [0, 0.1) is 11.6 Å². The molecule has 9 heteroatoms. The van der Waals surface area contributed by atoms with Crippen LogP contribution in [-0.2, 0) is 12.0 Å². The van der Waals surface area contributed by atoms with Crippen LogP contribution in [0.15, 0.2) is 36.4 Å². The SMILES string of the molecule is CC(C)(O)c1nnc2ccc(-c3c(-c4ccc(F)cc4F)nc4n3C=CC4)nn12. The third-order valence-corrected chi connectivity index (χ3v) is 4.78. The van der Waals surface area contributed by atoms with Gasteiger partial charge in [-0.25, -0.2) is 13.8 Å². The van der Waals surface area contributed by atoms with Crippen molar-refractivity contribution in [2.24, 2.45) is 0 Å². The molecule has 7 nitrogen and oxygen atoms in total. The van der Waals surface area contributed by atoms with Gasteiger partial charge in [-0.15, -0.1) is 10.2 Å². The number of aliphatic hydroxyl groups is 1. The average Bonchev–Trinajstić information content (AvgIpc) is 3.34. The van der Waals surface area contributed by atoms with E-state index >= 15 is 0 Å². The molecule has 0 saturated carbocycles. The average molecular weight is 394 g/mol. The molecule has 0 radical (unpaired) electrons. The van der Waals surface area contributed by atoms with E-state index in [0.29, 0.717) is 29.1 Å². The minimum Gasteiger partial charge on any atom is -0.382 e. The predicted octanol–water partition coefficient (Wildman–Crippen LogP) is 3.19. The van der Waals surface area contributed by atoms with Gasteiger partial charge in [0.15, 0.2) is 11.5 Å². The van der Waals surface area contributed by atoms with Gasteiger partial charge in [0.25, 0.3) is 0 Å². The van der Waals surface area contributed by atoms with Crippen LogP contribution in [0.2, 0.25) is 0 Å². The van der Waals surface area contributed by atoms with Gasteiger partial charge in [-0.3, -0.25) is 0 Å². The summed E-state index contributed by atoms with van der Waals surface area (Å²) in [5.41, 5.74) is 0.827. The Bertz CT molecular complexity index is 1300. The summed E-state index contributed by atoms with van der Waals surface area (Å²) >= 11 is 0. The number of rotatable bonds is 3. The van der Waals surface area contributed by atoms with Gasteiger partial charge in [0.05, 0.1) is 0 Å². The van der Waals surface area contributed by atoms with Crippen molar-refractivity contribution in [3.8, 4) is 22.6 Å². The van der Waals surface area contributed by atoms with Crippen molar-refractivity contribution in [2.45, 2.75) is 25.9 Å². The highest BCUT2D eigenvalue weighted by Crippen LogP contribution is 2.35. The number of fused-ring (bicyclic) bond motifs is 2. The van der Waals surface area contributed by atoms with E-state index in [4.69, 9.17) is 0 Å². The topological polar surface area (TPSA) is 81.1 Å². The Labute approximate surface area is 164 Å². The lowest BCUT2D eigenvalue weighted by Gasteiger charge is -2.14. The first kappa shape index (κ1) is 17.6. The Hall–Kier alpha value is -3.46. The lowest BCUT2D eigenvalue weighted by Crippen LogP contribution is -2.20. The number of benzene rings is 1. The molecule has 3 aromatic heterocycles. The van der Waals surface area contributed by atoms with E-state index in [0.717, 1.165) is 11.9 Å². The first-order valence-corrected chi connectivity index (χ1v) is 9.02. The summed E-state index contributed by atoms with van der Waals surface area (Å²) in [5.74, 6) is -0.347. The molecule has 29 heavy (non-hydrogen) atoms. The number of hydrogen-bond acceptors (Lipinski definition) is 5. The van der Waals surface area contributed by atoms with Crippen molar-refractivity contribution in [3.05, 3.63) is 59.7 Å². The molecule has 0 fully saturated rings. The van der Waals surface area contributed by atoms with Gasteiger partial charge >= 0.3 is 0 Å². The molecule has 1 aliphatic rings. The third kappa shape index (κ3) is 2.73. The lowest BCUT2D eigenvalue weighted by molar-refractivity contribution is 0.0665. The standard InChI is InChI=1S/C20H16F2N6O/c1-20(2,29)19-25-24-16-8-7-14(26-28(16)19)18-17(23-15-4-3-9-27(15)18)12-6-5-11(21)10-13(12)22/h3,5-10,29H,4H2,1-2H3. The maximum absolute atomic E-state index is 14.5. The molecular formula is C20H16F2N6O. The first-order valence-electron chi connectivity index (χ1n) is 9.02. The summed E-state index contributed by atoms with van der Waals surface area (Å²) in [6.45, 7) is 3.19. The summed E-state index contributed by atoms with van der Waals surface area (Å²) in [6.07, 6.45) is 4.38. The normalized spacial score (nSPS) is 13.4. The number of imidazole rings is 1. The van der Waals surface area contributed by atoms with Crippen LogP contribution in [0.25, 0.3) is 34.5 Å². The second-order valence-corrected chi connectivity index (χ2v) is 7.38. The maximum Gasteiger partial charge on any atom is 0.185 e. The summed E-state index contributed by atoms with van der Waals surface area (Å²) in [6, 6.07) is 6.86. The second kappa shape index (κ2) is 6.02. The van der Waals surface area contributed by atoms with E-state index < -0.39 is 17.2 Å². The highest BCUT2D eigenvalue weighted by atomic mass is 19.1. The monoisotopic (exact) mass is 394 g/mol. The zero-order valence-corrected chi connectivity index (χ0v) is 15.6. The largest absolute Gasteiger partial charge is 0.382 e. The van der Waals surface area contributed by atoms with Gasteiger partial charge in [0, 0.05) is 24.3 Å². The van der Waals surface area contributed by atoms with Crippen molar-refractivity contribution in [3.63, 3.8) is 0 Å². The Morgan fingerprint density at radius 2 is 1.93 bits per heavy atom. The fourth-order valence-electron chi connectivity index (χ4n) is 3.46. The third-order valence-electron chi connectivity index (χ3n) is 4.78. The number of halogens is 2. The van der Waals surface area contributed by atoms with Crippen LogP contribution in [0.4, 0.5) is 8.78 Å². The number of aromatic nitrogens is 6. The van der Waals surface area contributed by atoms with Crippen LogP contribution < -0.4 is 0 Å². The van der Waals surface area contributed by atoms with Gasteiger partial charge < -0.3 is 9.67 Å². The molecule has 0 amide bonds. The number of nitrogens with zero attached hydrogens (tertiary/aromatic N) is 6. The maximum atomic E-state index is 14.5. The van der Waals surface area contributed by atoms with E-state index in [1.807, 2.05) is 16.8 Å². The van der Waals surface area contributed by atoms with Gasteiger partial charge in [-0.1, -0.05) is 6.08 Å². The molecule has 0 spiro atoms. The summed E-state index contributed by atoms with van der Waals surface area (Å²) in [5, 5.41) is 23.0. The Morgan fingerprint density at radius 1 is 1.10 bits per heavy atom. The van der Waals surface area contributed by atoms with Crippen LogP contribution >= 0.6 is 0 Å². The first-order chi connectivity index (χ1) is 13.8. The molecule has 1 aromatic carbocycles. The summed E-state index contributed by atoms with van der Waals surface area (Å²) in [4.78, 5) is 4.57. The summed E-state index contributed by atoms with van der Waals surface area (Å²) < 4.78 is 31.2. The smallest absolute Gasteiger partial charge is 0.185 e. The second-order valence-electron chi connectivity index (χ2n) is 7.38. The lowest BCUT2D eigenvalue weighted by atomic mass is 10.1. The molecule has 0 atom stereocenters. The van der Waals surface area contributed by atoms with Gasteiger partial charge in [0.2, 0.25) is 0 Å². The minimum atomic E-state index is -1.25. The van der Waals surface area contributed by atoms with Crippen LogP contribution in [0.1, 0.15) is 25.5 Å². The molecular weight excluding hydrogens is 378 g/mol. The fourth-order valence-corrected chi connectivity index (χ4v) is 3.46. The molecule has 4 aromatic rings. The minimum absolute atomic E-state index is 0.185. The van der Waals surface area contributed by atoms with Gasteiger partial charge in [0.1, 0.15) is 40.1 Å². The van der Waals surface area contributed by atoms with Crippen molar-refractivity contribution in [1.82, 2.24) is 29.4 Å². The molecule has 0 bridgehead atoms. The highest BCUT2D eigenvalue weighted by Gasteiger charge is 2.27. The zero-order chi connectivity index (χ0) is 20.3. The molecule has 0 unspecified atom stereocenters. The quantitative estimate of drug-likeness (QED) is 0.577. The molecule has 5 rings (SSSR count). The molecule has 1 aliphatic heterocycles. The molecule has 0 aliphatic carbocycles. The Kier molecular flexibility index (Phi) is 3.66. The van der Waals surface area contributed by atoms with Crippen molar-refractivity contribution in [2.75, 3.05) is 0 Å². The van der Waals surface area contributed by atoms with E-state index in [2.05, 4.69) is 20.3 Å². The van der Waals surface area contributed by atoms with E-state index in [9.17, 15) is 13.9 Å². The molecule has 4 heterocycles. The Balaban J connectivity index is 1.77. The molecule has 146 valence electrons. The van der Waals surface area contributed by atoms with Gasteiger partial charge in [-0.05, 0) is 38.1 Å². The highest BCUT2D eigenvalue weighted by molar-refractivity contribution is 5.80. The van der Waals surface area contributed by atoms with Crippen molar-refractivity contribution < 1.29 is 13.9 Å². The predicted molar refractivity (Wildman–Crippen MR) is 102 cm³/mol. The summed E-state index contributed by atoms with van der Waals surface area (Å²) in [7, 11) is 0. The zero-order valence-electron chi connectivity index (χ0n) is 15.6. The molecule has 0 saturated heterocycles. The van der Waals surface area contributed by atoms with E-state index in [-0.39, 0.29) is 11.4 Å².